The number of nitrogens with zero attached hydrogens (tertiary/aromatic N) is 2. The van der Waals surface area contributed by atoms with E-state index < -0.39 is 0 Å². The van der Waals surface area contributed by atoms with Gasteiger partial charge in [0.15, 0.2) is 5.76 Å². The van der Waals surface area contributed by atoms with Crippen molar-refractivity contribution in [2.75, 3.05) is 7.05 Å². The Morgan fingerprint density at radius 2 is 2.28 bits per heavy atom. The molecule has 0 fully saturated rings. The number of amides is 1. The lowest BCUT2D eigenvalue weighted by Gasteiger charge is -2.14. The summed E-state index contributed by atoms with van der Waals surface area (Å²) in [7, 11) is 1.74. The van der Waals surface area contributed by atoms with Crippen LogP contribution < -0.4 is 0 Å². The Hall–Kier alpha value is -2.04. The third-order valence-electron chi connectivity index (χ3n) is 2.77. The highest BCUT2D eigenvalue weighted by Crippen LogP contribution is 2.10. The summed E-state index contributed by atoms with van der Waals surface area (Å²) in [5, 5.41) is 3.80. The van der Waals surface area contributed by atoms with Crippen molar-refractivity contribution in [1.29, 1.82) is 0 Å². The van der Waals surface area contributed by atoms with Crippen molar-refractivity contribution in [3.63, 3.8) is 0 Å². The molecule has 2 heterocycles. The van der Waals surface area contributed by atoms with E-state index in [9.17, 15) is 4.79 Å². The number of rotatable bonds is 4. The quantitative estimate of drug-likeness (QED) is 0.900. The maximum Gasteiger partial charge on any atom is 0.270 e. The van der Waals surface area contributed by atoms with Crippen LogP contribution in [0.25, 0.3) is 0 Å². The highest BCUT2D eigenvalue weighted by molar-refractivity contribution is 5.92. The average Bonchev–Trinajstić information content (AvgIpc) is 2.97. The molecule has 0 aliphatic rings. The van der Waals surface area contributed by atoms with Crippen LogP contribution >= 0.6 is 0 Å². The summed E-state index contributed by atoms with van der Waals surface area (Å²) >= 11 is 0. The SMILES string of the molecule is CCc1ccc(C(=O)N(C)Cc2cc(C)no2)[nH]1. The minimum atomic E-state index is -0.0521. The van der Waals surface area contributed by atoms with E-state index in [1.807, 2.05) is 32.0 Å². The molecule has 0 radical (unpaired) electrons. The standard InChI is InChI=1S/C13H17N3O2/c1-4-10-5-6-12(14-10)13(17)16(3)8-11-7-9(2)15-18-11/h5-7,14H,4,8H2,1-3H3. The second-order valence-electron chi connectivity index (χ2n) is 4.35. The van der Waals surface area contributed by atoms with Crippen molar-refractivity contribution in [3.05, 3.63) is 41.0 Å². The van der Waals surface area contributed by atoms with Gasteiger partial charge >= 0.3 is 0 Å². The molecular formula is C13H17N3O2. The number of aryl methyl sites for hydroxylation is 2. The number of hydrogen-bond donors (Lipinski definition) is 1. The average molecular weight is 247 g/mol. The second kappa shape index (κ2) is 5.08. The van der Waals surface area contributed by atoms with E-state index >= 15 is 0 Å². The Labute approximate surface area is 106 Å². The number of H-pyrrole nitrogens is 1. The number of aromatic nitrogens is 2. The van der Waals surface area contributed by atoms with Gasteiger partial charge in [0.2, 0.25) is 0 Å². The molecule has 0 unspecified atom stereocenters. The van der Waals surface area contributed by atoms with Gasteiger partial charge in [-0.1, -0.05) is 12.1 Å². The molecule has 0 atom stereocenters. The first kappa shape index (κ1) is 12.4. The maximum atomic E-state index is 12.1. The molecule has 18 heavy (non-hydrogen) atoms. The van der Waals surface area contributed by atoms with Crippen LogP contribution in [-0.4, -0.2) is 28.0 Å². The van der Waals surface area contributed by atoms with Gasteiger partial charge in [-0.15, -0.1) is 0 Å². The number of aromatic amines is 1. The summed E-state index contributed by atoms with van der Waals surface area (Å²) in [6.45, 7) is 4.31. The Morgan fingerprint density at radius 1 is 1.50 bits per heavy atom. The van der Waals surface area contributed by atoms with Crippen LogP contribution in [0.5, 0.6) is 0 Å². The predicted octanol–water partition coefficient (Wildman–Crippen LogP) is 2.15. The van der Waals surface area contributed by atoms with E-state index in [-0.39, 0.29) is 5.91 Å². The van der Waals surface area contributed by atoms with E-state index in [0.29, 0.717) is 18.0 Å². The van der Waals surface area contributed by atoms with Crippen LogP contribution in [0.3, 0.4) is 0 Å². The lowest BCUT2D eigenvalue weighted by atomic mass is 10.3. The first-order valence-electron chi connectivity index (χ1n) is 5.95. The van der Waals surface area contributed by atoms with Crippen LogP contribution in [0.4, 0.5) is 0 Å². The molecule has 0 aromatic carbocycles. The molecule has 5 nitrogen and oxygen atoms in total. The molecule has 0 aliphatic heterocycles. The first-order valence-corrected chi connectivity index (χ1v) is 5.95. The summed E-state index contributed by atoms with van der Waals surface area (Å²) in [5.41, 5.74) is 2.48. The third kappa shape index (κ3) is 2.61. The van der Waals surface area contributed by atoms with Crippen molar-refractivity contribution in [2.45, 2.75) is 26.8 Å². The molecule has 1 N–H and O–H groups in total. The minimum absolute atomic E-state index is 0.0521. The van der Waals surface area contributed by atoms with Gasteiger partial charge < -0.3 is 14.4 Å². The molecule has 1 amide bonds. The van der Waals surface area contributed by atoms with E-state index in [4.69, 9.17) is 4.52 Å². The lowest BCUT2D eigenvalue weighted by molar-refractivity contribution is 0.0767. The summed E-state index contributed by atoms with van der Waals surface area (Å²) in [5.74, 6) is 0.634. The molecule has 0 spiro atoms. The van der Waals surface area contributed by atoms with E-state index in [2.05, 4.69) is 10.1 Å². The molecule has 0 saturated heterocycles. The van der Waals surface area contributed by atoms with Crippen molar-refractivity contribution < 1.29 is 9.32 Å². The molecule has 2 aromatic heterocycles. The van der Waals surface area contributed by atoms with E-state index in [0.717, 1.165) is 17.8 Å². The second-order valence-corrected chi connectivity index (χ2v) is 4.35. The number of hydrogen-bond acceptors (Lipinski definition) is 3. The van der Waals surface area contributed by atoms with Crippen molar-refractivity contribution >= 4 is 5.91 Å². The van der Waals surface area contributed by atoms with Gasteiger partial charge in [-0.05, 0) is 25.5 Å². The molecule has 96 valence electrons. The Balaban J connectivity index is 2.04. The fourth-order valence-electron chi connectivity index (χ4n) is 1.77. The van der Waals surface area contributed by atoms with E-state index in [1.165, 1.54) is 0 Å². The maximum absolute atomic E-state index is 12.1. The molecule has 5 heteroatoms. The number of carbonyl (C=O) groups is 1. The zero-order chi connectivity index (χ0) is 13.1. The number of carbonyl (C=O) groups excluding carboxylic acids is 1. The summed E-state index contributed by atoms with van der Waals surface area (Å²) in [6, 6.07) is 5.57. The first-order chi connectivity index (χ1) is 8.60. The van der Waals surface area contributed by atoms with Crippen molar-refractivity contribution in [2.24, 2.45) is 0 Å². The zero-order valence-corrected chi connectivity index (χ0v) is 10.9. The van der Waals surface area contributed by atoms with Gasteiger partial charge in [0.1, 0.15) is 5.69 Å². The van der Waals surface area contributed by atoms with Gasteiger partial charge in [0, 0.05) is 18.8 Å². The predicted molar refractivity (Wildman–Crippen MR) is 67.2 cm³/mol. The Morgan fingerprint density at radius 3 is 2.83 bits per heavy atom. The minimum Gasteiger partial charge on any atom is -0.359 e. The van der Waals surface area contributed by atoms with Crippen LogP contribution in [0, 0.1) is 6.92 Å². The molecule has 2 aromatic rings. The lowest BCUT2D eigenvalue weighted by Crippen LogP contribution is -2.26. The normalized spacial score (nSPS) is 10.6. The van der Waals surface area contributed by atoms with Gasteiger partial charge in [-0.2, -0.15) is 0 Å². The summed E-state index contributed by atoms with van der Waals surface area (Å²) in [6.07, 6.45) is 0.887. The van der Waals surface area contributed by atoms with Crippen LogP contribution in [0.15, 0.2) is 22.7 Å². The molecule has 0 bridgehead atoms. The third-order valence-corrected chi connectivity index (χ3v) is 2.77. The summed E-state index contributed by atoms with van der Waals surface area (Å²) in [4.78, 5) is 16.8. The number of nitrogens with one attached hydrogen (secondary N) is 1. The fourth-order valence-corrected chi connectivity index (χ4v) is 1.77. The van der Waals surface area contributed by atoms with Crippen LogP contribution in [0.2, 0.25) is 0 Å². The van der Waals surface area contributed by atoms with Gasteiger partial charge in [0.25, 0.3) is 5.91 Å². The highest BCUT2D eigenvalue weighted by atomic mass is 16.5. The largest absolute Gasteiger partial charge is 0.359 e. The van der Waals surface area contributed by atoms with Crippen LogP contribution in [0.1, 0.15) is 34.6 Å². The zero-order valence-electron chi connectivity index (χ0n) is 10.9. The molecule has 0 saturated carbocycles. The Bertz CT molecular complexity index is 542. The molecule has 0 aliphatic carbocycles. The van der Waals surface area contributed by atoms with E-state index in [1.54, 1.807) is 11.9 Å². The smallest absolute Gasteiger partial charge is 0.270 e. The van der Waals surface area contributed by atoms with Gasteiger partial charge in [-0.25, -0.2) is 0 Å². The molecule has 2 rings (SSSR count). The summed E-state index contributed by atoms with van der Waals surface area (Å²) < 4.78 is 5.09. The van der Waals surface area contributed by atoms with Crippen LogP contribution in [-0.2, 0) is 13.0 Å². The highest BCUT2D eigenvalue weighted by Gasteiger charge is 2.15. The topological polar surface area (TPSA) is 62.1 Å². The Kier molecular flexibility index (Phi) is 3.50. The molecular weight excluding hydrogens is 230 g/mol. The monoisotopic (exact) mass is 247 g/mol. The van der Waals surface area contributed by atoms with Gasteiger partial charge in [-0.3, -0.25) is 4.79 Å². The fraction of sp³-hybridized carbons (Fsp3) is 0.385. The van der Waals surface area contributed by atoms with Crippen molar-refractivity contribution in [3.8, 4) is 0 Å². The van der Waals surface area contributed by atoms with Crippen molar-refractivity contribution in [1.82, 2.24) is 15.0 Å². The van der Waals surface area contributed by atoms with Gasteiger partial charge in [0.05, 0.1) is 12.2 Å².